The first-order valence-electron chi connectivity index (χ1n) is 8.52. The van der Waals surface area contributed by atoms with E-state index >= 15 is 0 Å². The van der Waals surface area contributed by atoms with Gasteiger partial charge in [-0.15, -0.1) is 0 Å². The van der Waals surface area contributed by atoms with Gasteiger partial charge in [-0.25, -0.2) is 13.1 Å². The summed E-state index contributed by atoms with van der Waals surface area (Å²) in [7, 11) is -3.23. The number of nitrogens with one attached hydrogen (secondary N) is 2. The van der Waals surface area contributed by atoms with Gasteiger partial charge in [0.05, 0.1) is 24.1 Å². The molecule has 8 heteroatoms. The maximum absolute atomic E-state index is 11.7. The quantitative estimate of drug-likeness (QED) is 0.756. The third-order valence-electron chi connectivity index (χ3n) is 6.12. The van der Waals surface area contributed by atoms with E-state index in [0.29, 0.717) is 5.02 Å². The lowest BCUT2D eigenvalue weighted by atomic mass is 9.55. The minimum Gasteiger partial charge on any atom is -0.388 e. The Labute approximate surface area is 152 Å². The molecule has 0 spiro atoms. The van der Waals surface area contributed by atoms with Gasteiger partial charge in [-0.2, -0.15) is 5.10 Å². The molecule has 0 saturated heterocycles. The lowest BCUT2D eigenvalue weighted by Crippen LogP contribution is -2.57. The second kappa shape index (κ2) is 5.67. The Hall–Kier alpha value is -1.15. The number of fused-ring (bicyclic) bond motifs is 4. The van der Waals surface area contributed by atoms with Gasteiger partial charge in [0.1, 0.15) is 0 Å². The van der Waals surface area contributed by atoms with Crippen molar-refractivity contribution in [2.45, 2.75) is 50.2 Å². The van der Waals surface area contributed by atoms with Crippen molar-refractivity contribution >= 4 is 32.5 Å². The lowest BCUT2D eigenvalue weighted by Gasteiger charge is -2.55. The van der Waals surface area contributed by atoms with Crippen LogP contribution in [0.1, 0.15) is 50.2 Å². The molecule has 0 radical (unpaired) electrons. The smallest absolute Gasteiger partial charge is 0.209 e. The van der Waals surface area contributed by atoms with Crippen LogP contribution >= 0.6 is 11.6 Å². The normalized spacial score (nSPS) is 30.7. The highest BCUT2D eigenvalue weighted by Gasteiger charge is 2.53. The van der Waals surface area contributed by atoms with Gasteiger partial charge < -0.3 is 5.11 Å². The van der Waals surface area contributed by atoms with Crippen molar-refractivity contribution in [2.75, 3.05) is 6.26 Å². The molecule has 5 rings (SSSR count). The van der Waals surface area contributed by atoms with Crippen molar-refractivity contribution in [3.05, 3.63) is 28.9 Å². The molecule has 136 valence electrons. The zero-order chi connectivity index (χ0) is 17.9. The third-order valence-corrected chi connectivity index (χ3v) is 7.15. The van der Waals surface area contributed by atoms with Crippen LogP contribution in [0.15, 0.2) is 18.3 Å². The summed E-state index contributed by atoms with van der Waals surface area (Å²) in [4.78, 5) is 0. The fourth-order valence-electron chi connectivity index (χ4n) is 4.76. The van der Waals surface area contributed by atoms with E-state index in [0.717, 1.165) is 55.0 Å². The van der Waals surface area contributed by atoms with Gasteiger partial charge in [0.15, 0.2) is 0 Å². The number of aromatic amines is 1. The number of aromatic nitrogens is 2. The summed E-state index contributed by atoms with van der Waals surface area (Å²) in [6, 6.07) is 3.64. The monoisotopic (exact) mass is 383 g/mol. The number of benzene rings is 1. The SMILES string of the molecule is CS(=O)(=O)NC12CCC(C(O)c3cc(Cl)cc4cn[nH]c34)(CC1)CC2. The van der Waals surface area contributed by atoms with Crippen LogP contribution in [0.5, 0.6) is 0 Å². The first-order chi connectivity index (χ1) is 11.7. The number of hydrogen-bond acceptors (Lipinski definition) is 4. The third kappa shape index (κ3) is 2.97. The van der Waals surface area contributed by atoms with Crippen LogP contribution in [-0.4, -0.2) is 35.5 Å². The molecule has 3 aliphatic rings. The Bertz CT molecular complexity index is 900. The van der Waals surface area contributed by atoms with E-state index in [1.54, 1.807) is 6.20 Å². The Morgan fingerprint density at radius 1 is 1.24 bits per heavy atom. The zero-order valence-corrected chi connectivity index (χ0v) is 15.6. The van der Waals surface area contributed by atoms with Gasteiger partial charge in [-0.05, 0) is 50.7 Å². The van der Waals surface area contributed by atoms with Crippen molar-refractivity contribution in [1.29, 1.82) is 0 Å². The van der Waals surface area contributed by atoms with Crippen LogP contribution in [-0.2, 0) is 10.0 Å². The number of nitrogens with zero attached hydrogens (tertiary/aromatic N) is 1. The van der Waals surface area contributed by atoms with Gasteiger partial charge >= 0.3 is 0 Å². The number of aliphatic hydroxyl groups excluding tert-OH is 1. The number of hydrogen-bond donors (Lipinski definition) is 3. The van der Waals surface area contributed by atoms with Gasteiger partial charge in [0.2, 0.25) is 10.0 Å². The van der Waals surface area contributed by atoms with Crippen molar-refractivity contribution in [2.24, 2.45) is 5.41 Å². The Balaban J connectivity index is 1.64. The average molecular weight is 384 g/mol. The molecule has 1 aromatic carbocycles. The maximum atomic E-state index is 11.7. The standard InChI is InChI=1S/C17H22ClN3O3S/c1-25(23,24)21-17-5-2-16(3-6-17,4-7-17)15(22)13-9-12(18)8-11-10-19-20-14(11)13/h8-10,15,21-22H,2-7H2,1H3,(H,19,20). The van der Waals surface area contributed by atoms with Gasteiger partial charge in [0.25, 0.3) is 0 Å². The molecule has 3 saturated carbocycles. The van der Waals surface area contributed by atoms with Crippen molar-refractivity contribution in [1.82, 2.24) is 14.9 Å². The lowest BCUT2D eigenvalue weighted by molar-refractivity contribution is -0.0666. The topological polar surface area (TPSA) is 95.1 Å². The Morgan fingerprint density at radius 3 is 2.48 bits per heavy atom. The van der Waals surface area contributed by atoms with Gasteiger partial charge in [-0.1, -0.05) is 11.6 Å². The summed E-state index contributed by atoms with van der Waals surface area (Å²) < 4.78 is 26.2. The first kappa shape index (κ1) is 17.3. The van der Waals surface area contributed by atoms with E-state index in [-0.39, 0.29) is 11.0 Å². The van der Waals surface area contributed by atoms with Crippen LogP contribution in [0.2, 0.25) is 5.02 Å². The maximum Gasteiger partial charge on any atom is 0.209 e. The van der Waals surface area contributed by atoms with Crippen molar-refractivity contribution in [3.8, 4) is 0 Å². The molecule has 25 heavy (non-hydrogen) atoms. The molecule has 2 bridgehead atoms. The fourth-order valence-corrected chi connectivity index (χ4v) is 6.09. The summed E-state index contributed by atoms with van der Waals surface area (Å²) in [6.45, 7) is 0. The molecule has 0 aliphatic heterocycles. The molecular weight excluding hydrogens is 362 g/mol. The molecule has 2 aromatic rings. The molecule has 1 unspecified atom stereocenters. The Morgan fingerprint density at radius 2 is 1.88 bits per heavy atom. The second-order valence-corrected chi connectivity index (χ2v) is 9.93. The summed E-state index contributed by atoms with van der Waals surface area (Å²) in [5, 5.41) is 19.7. The largest absolute Gasteiger partial charge is 0.388 e. The Kier molecular flexibility index (Phi) is 3.92. The number of sulfonamides is 1. The number of H-pyrrole nitrogens is 1. The summed E-state index contributed by atoms with van der Waals surface area (Å²) >= 11 is 6.23. The zero-order valence-electron chi connectivity index (χ0n) is 14.0. The van der Waals surface area contributed by atoms with Crippen LogP contribution < -0.4 is 4.72 Å². The molecule has 3 fully saturated rings. The van der Waals surface area contributed by atoms with E-state index in [9.17, 15) is 13.5 Å². The van der Waals surface area contributed by atoms with E-state index < -0.39 is 16.1 Å². The molecule has 6 nitrogen and oxygen atoms in total. The molecule has 3 aliphatic carbocycles. The number of aliphatic hydroxyl groups is 1. The average Bonchev–Trinajstić information content (AvgIpc) is 3.01. The van der Waals surface area contributed by atoms with E-state index in [4.69, 9.17) is 11.6 Å². The highest BCUT2D eigenvalue weighted by Crippen LogP contribution is 2.58. The fraction of sp³-hybridized carbons (Fsp3) is 0.588. The number of rotatable bonds is 4. The van der Waals surface area contributed by atoms with Crippen molar-refractivity contribution in [3.63, 3.8) is 0 Å². The number of halogens is 1. The first-order valence-corrected chi connectivity index (χ1v) is 10.8. The summed E-state index contributed by atoms with van der Waals surface area (Å²) in [5.41, 5.74) is 1.03. The molecule has 0 amide bonds. The molecule has 1 atom stereocenters. The van der Waals surface area contributed by atoms with Crippen LogP contribution in [0.25, 0.3) is 10.9 Å². The highest BCUT2D eigenvalue weighted by molar-refractivity contribution is 7.88. The van der Waals surface area contributed by atoms with Crippen molar-refractivity contribution < 1.29 is 13.5 Å². The molecular formula is C17H22ClN3O3S. The van der Waals surface area contributed by atoms with Crippen LogP contribution in [0, 0.1) is 5.41 Å². The highest BCUT2D eigenvalue weighted by atomic mass is 35.5. The van der Waals surface area contributed by atoms with E-state index in [1.165, 1.54) is 6.26 Å². The minimum absolute atomic E-state index is 0.232. The van der Waals surface area contributed by atoms with Crippen LogP contribution in [0.3, 0.4) is 0 Å². The van der Waals surface area contributed by atoms with E-state index in [2.05, 4.69) is 14.9 Å². The molecule has 1 aromatic heterocycles. The van der Waals surface area contributed by atoms with Crippen LogP contribution in [0.4, 0.5) is 0 Å². The minimum atomic E-state index is -3.23. The summed E-state index contributed by atoms with van der Waals surface area (Å²) in [5.74, 6) is 0. The molecule has 1 heterocycles. The predicted molar refractivity (Wildman–Crippen MR) is 96.9 cm³/mol. The van der Waals surface area contributed by atoms with Gasteiger partial charge in [-0.3, -0.25) is 5.10 Å². The molecule has 3 N–H and O–H groups in total. The predicted octanol–water partition coefficient (Wildman–Crippen LogP) is 2.89. The summed E-state index contributed by atoms with van der Waals surface area (Å²) in [6.07, 6.45) is 6.91. The van der Waals surface area contributed by atoms with E-state index in [1.807, 2.05) is 12.1 Å². The van der Waals surface area contributed by atoms with Gasteiger partial charge in [0, 0.05) is 26.9 Å². The second-order valence-electron chi connectivity index (χ2n) is 7.75.